The lowest BCUT2D eigenvalue weighted by molar-refractivity contribution is -0.122. The van der Waals surface area contributed by atoms with Gasteiger partial charge >= 0.3 is 0 Å². The van der Waals surface area contributed by atoms with Crippen LogP contribution in [0.4, 0.5) is 45.5 Å². The van der Waals surface area contributed by atoms with Crippen molar-refractivity contribution in [2.75, 3.05) is 156 Å². The molecule has 2 saturated heterocycles. The molecular formula is C111H129N25O11. The number of nitrogens with one attached hydrogen (secondary N) is 4. The first-order valence-corrected chi connectivity index (χ1v) is 49.4. The summed E-state index contributed by atoms with van der Waals surface area (Å²) in [5.74, 6) is 9.22. The van der Waals surface area contributed by atoms with Gasteiger partial charge in [-0.1, -0.05) is 27.7 Å². The van der Waals surface area contributed by atoms with Crippen LogP contribution < -0.4 is 78.8 Å². The second-order valence-corrected chi connectivity index (χ2v) is 36.7. The zero-order valence-electron chi connectivity index (χ0n) is 86.3. The van der Waals surface area contributed by atoms with Crippen LogP contribution in [0.1, 0.15) is 78.0 Å². The van der Waals surface area contributed by atoms with Crippen molar-refractivity contribution < 1.29 is 52.2 Å². The SMILES string of the molecule is C#CC1CCN(CCN(c2cc(OC)cc(OC)c2)c2ccc3ncc(-c4cnn(C5CCCCO5)c4)nc3c2)C1.CNC(=O)Cn1cc(-c2cnc3ccc(N(CCNC(C)C)c4cc(OC)cc(OC)c4)cc3n2)cn1.COc1cc(OC)c(C)c(N(CCNC(C)C)c2ccc3ncc(-c4cnn(C)c4)nc3c2)c1.COc1cc(OC)cc(N(CCNC(=O)C2CC2)c2ccc3ncc(-c4cnn(C)c4)nc3c2)c1. The molecule has 1 saturated carbocycles. The zero-order chi connectivity index (χ0) is 103. The fourth-order valence-electron chi connectivity index (χ4n) is 17.5. The molecule has 2 atom stereocenters. The fourth-order valence-corrected chi connectivity index (χ4v) is 17.5. The molecule has 0 radical (unpaired) electrons. The van der Waals surface area contributed by atoms with E-state index in [2.05, 4.69) is 152 Å². The van der Waals surface area contributed by atoms with Crippen LogP contribution in [0, 0.1) is 31.1 Å². The van der Waals surface area contributed by atoms with E-state index in [1.807, 2.05) is 159 Å². The van der Waals surface area contributed by atoms with Gasteiger partial charge in [-0.05, 0) is 125 Å². The lowest BCUT2D eigenvalue weighted by atomic mass is 10.1. The second kappa shape index (κ2) is 49.0. The van der Waals surface area contributed by atoms with Crippen LogP contribution in [-0.2, 0) is 35.0 Å². The highest BCUT2D eigenvalue weighted by Crippen LogP contribution is 2.43. The van der Waals surface area contributed by atoms with Crippen molar-refractivity contribution in [1.29, 1.82) is 0 Å². The highest BCUT2D eigenvalue weighted by molar-refractivity contribution is 5.88. The van der Waals surface area contributed by atoms with E-state index in [9.17, 15) is 9.59 Å². The third kappa shape index (κ3) is 26.6. The van der Waals surface area contributed by atoms with Crippen molar-refractivity contribution in [2.45, 2.75) is 98.0 Å². The summed E-state index contributed by atoms with van der Waals surface area (Å²) < 4.78 is 57.3. The molecule has 0 spiro atoms. The van der Waals surface area contributed by atoms with Gasteiger partial charge in [0.2, 0.25) is 11.8 Å². The first-order chi connectivity index (χ1) is 71.4. The van der Waals surface area contributed by atoms with Gasteiger partial charge in [0.25, 0.3) is 0 Å². The van der Waals surface area contributed by atoms with E-state index in [1.165, 1.54) is 0 Å². The molecule has 36 heteroatoms. The van der Waals surface area contributed by atoms with Crippen LogP contribution >= 0.6 is 0 Å². The summed E-state index contributed by atoms with van der Waals surface area (Å²) in [6, 6.07) is 46.7. The maximum absolute atomic E-state index is 12.2. The van der Waals surface area contributed by atoms with Crippen molar-refractivity contribution in [3.63, 3.8) is 0 Å². The largest absolute Gasteiger partial charge is 0.497 e. The number of terminal acetylenes is 1. The van der Waals surface area contributed by atoms with E-state index in [-0.39, 0.29) is 30.5 Å². The molecule has 16 aromatic rings. The topological polar surface area (TPSA) is 356 Å². The minimum atomic E-state index is -0.120. The molecule has 147 heavy (non-hydrogen) atoms. The summed E-state index contributed by atoms with van der Waals surface area (Å²) >= 11 is 0. The molecule has 10 heterocycles. The number of methoxy groups -OCH3 is 8. The van der Waals surface area contributed by atoms with Gasteiger partial charge in [-0.3, -0.25) is 43.6 Å². The Bertz CT molecular complexity index is 7190. The van der Waals surface area contributed by atoms with Crippen molar-refractivity contribution in [3.05, 3.63) is 219 Å². The zero-order valence-corrected chi connectivity index (χ0v) is 86.3. The second-order valence-electron chi connectivity index (χ2n) is 36.7. The Labute approximate surface area is 856 Å². The third-order valence-electron chi connectivity index (χ3n) is 25.7. The predicted molar refractivity (Wildman–Crippen MR) is 574 cm³/mol. The predicted octanol–water partition coefficient (Wildman–Crippen LogP) is 16.9. The third-order valence-corrected chi connectivity index (χ3v) is 25.7. The first-order valence-electron chi connectivity index (χ1n) is 49.4. The van der Waals surface area contributed by atoms with Gasteiger partial charge < -0.3 is 88.4 Å². The quantitative estimate of drug-likeness (QED) is 0.0261. The number of ether oxygens (including phenoxy) is 9. The van der Waals surface area contributed by atoms with Crippen molar-refractivity contribution in [1.82, 2.24) is 105 Å². The highest BCUT2D eigenvalue weighted by atomic mass is 16.5. The molecule has 2 amide bonds. The number of aryl methyl sites for hydroxylation is 2. The van der Waals surface area contributed by atoms with Gasteiger partial charge in [-0.2, -0.15) is 20.4 Å². The van der Waals surface area contributed by atoms with Crippen LogP contribution in [0.5, 0.6) is 46.0 Å². The number of hydrogen-bond acceptors (Lipinski definition) is 30. The summed E-state index contributed by atoms with van der Waals surface area (Å²) in [7, 11) is 18.6. The normalized spacial score (nSPS) is 13.9. The van der Waals surface area contributed by atoms with Crippen molar-refractivity contribution >= 4 is 101 Å². The average Bonchev–Trinajstić information content (AvgIpc) is 1.26. The number of carbonyl (C=O) groups is 2. The number of fused-ring (bicyclic) bond motifs is 4. The molecule has 764 valence electrons. The van der Waals surface area contributed by atoms with Gasteiger partial charge in [-0.15, -0.1) is 12.3 Å². The molecule has 8 aromatic carbocycles. The van der Waals surface area contributed by atoms with Crippen molar-refractivity contribution in [2.24, 2.45) is 25.9 Å². The lowest BCUT2D eigenvalue weighted by Crippen LogP contribution is -2.33. The number of likely N-dealkylation sites (N-methyl/N-ethyl adjacent to an activating group) is 1. The standard InChI is InChI=1S/C32H36N6O3.C27H33N7O3.C26H28N6O3.C26H32N6O2/c1-4-23-10-11-36(21-23)12-13-37(26-15-27(39-2)18-28(16-26)40-3)25-8-9-29-30(17-25)35-31(20-33-29)24-19-34-38(22-24)32-7-5-6-14-41-32;1-18(2)29-8-9-34(21-10-22(36-4)13-23(11-21)37-5)20-6-7-24-25(12-20)32-26(15-30-24)19-14-31-33(16-19)17-27(35)28-3;1-31-16-18(14-29-31)25-15-28-23-7-6-19(12-24(23)30-25)32(9-8-27-26(33)17-4-5-17)20-10-21(34-2)13-22(11-20)35-3;1-17(2)27-9-10-32(25-12-21(33-5)13-26(34-6)18(25)3)20-7-8-22-23(11-20)30-24(15-28-22)19-14-29-31(4)16-19/h1,8-9,15-20,22-23,32H,5-7,10-14,21H2,2-3H3;6-7,10-16,18,29H,8-9,17H2,1-5H3,(H,28,35);6-7,10-17H,4-5,8-9H2,1-3H3,(H,27,33);7-8,11-17,27H,9-10H2,1-6H3. The van der Waals surface area contributed by atoms with E-state index in [4.69, 9.17) is 74.0 Å². The molecule has 3 aliphatic rings. The summed E-state index contributed by atoms with van der Waals surface area (Å²) in [5, 5.41) is 30.0. The number of likely N-dealkylation sites (tertiary alicyclic amines) is 1. The van der Waals surface area contributed by atoms with E-state index in [0.29, 0.717) is 59.8 Å². The van der Waals surface area contributed by atoms with Crippen molar-refractivity contribution in [3.8, 4) is 103 Å². The van der Waals surface area contributed by atoms with Gasteiger partial charge in [0.05, 0.1) is 179 Å². The Morgan fingerprint density at radius 1 is 0.442 bits per heavy atom. The van der Waals surface area contributed by atoms with E-state index in [0.717, 1.165) is 255 Å². The van der Waals surface area contributed by atoms with Gasteiger partial charge in [0.1, 0.15) is 58.8 Å². The van der Waals surface area contributed by atoms with Crippen LogP contribution in [-0.4, -0.2) is 244 Å². The molecular weight excluding hydrogens is 1860 g/mol. The minimum absolute atomic E-state index is 0.0162. The Kier molecular flexibility index (Phi) is 34.6. The number of rotatable bonds is 38. The maximum atomic E-state index is 12.2. The van der Waals surface area contributed by atoms with Gasteiger partial charge in [-0.25, -0.2) is 24.6 Å². The first kappa shape index (κ1) is 104. The van der Waals surface area contributed by atoms with E-state index < -0.39 is 0 Å². The number of anilines is 8. The van der Waals surface area contributed by atoms with Crippen LogP contribution in [0.25, 0.3) is 89.2 Å². The highest BCUT2D eigenvalue weighted by Gasteiger charge is 2.31. The average molecular weight is 1990 g/mol. The number of hydrogen-bond donors (Lipinski definition) is 4. The summed E-state index contributed by atoms with van der Waals surface area (Å²) in [6.45, 7) is 19.3. The Morgan fingerprint density at radius 2 is 0.850 bits per heavy atom. The Hall–Kier alpha value is -16.1. The number of nitrogens with zero attached hydrogens (tertiary/aromatic N) is 21. The minimum Gasteiger partial charge on any atom is -0.497 e. The molecule has 2 unspecified atom stereocenters. The van der Waals surface area contributed by atoms with Gasteiger partial charge in [0, 0.05) is 270 Å². The molecule has 8 aromatic heterocycles. The van der Waals surface area contributed by atoms with Crippen LogP contribution in [0.2, 0.25) is 0 Å². The lowest BCUT2D eigenvalue weighted by Gasteiger charge is -2.28. The summed E-state index contributed by atoms with van der Waals surface area (Å²) in [5.41, 5.74) is 21.8. The summed E-state index contributed by atoms with van der Waals surface area (Å²) in [4.78, 5) is 73.3. The molecule has 2 aliphatic heterocycles. The smallest absolute Gasteiger partial charge is 0.241 e. The molecule has 0 bridgehead atoms. The summed E-state index contributed by atoms with van der Waals surface area (Å²) in [6.07, 6.45) is 33.8. The molecule has 36 nitrogen and oxygen atoms in total. The molecule has 1 aliphatic carbocycles. The monoisotopic (exact) mass is 1990 g/mol. The van der Waals surface area contributed by atoms with Crippen LogP contribution in [0.15, 0.2) is 214 Å². The fraction of sp³-hybridized carbons (Fsp3) is 0.351. The van der Waals surface area contributed by atoms with Crippen LogP contribution in [0.3, 0.4) is 0 Å². The molecule has 3 fully saturated rings. The Morgan fingerprint density at radius 3 is 1.24 bits per heavy atom. The van der Waals surface area contributed by atoms with E-state index in [1.54, 1.807) is 121 Å². The van der Waals surface area contributed by atoms with E-state index >= 15 is 0 Å². The number of aromatic nitrogens is 16. The number of benzene rings is 8. The Balaban J connectivity index is 0.000000140. The maximum Gasteiger partial charge on any atom is 0.241 e. The molecule has 19 rings (SSSR count). The van der Waals surface area contributed by atoms with Gasteiger partial charge in [0.15, 0.2) is 0 Å². The molecule has 4 N–H and O–H groups in total. The number of amides is 2. The number of carbonyl (C=O) groups excluding carboxylic acids is 2.